The van der Waals surface area contributed by atoms with Crippen LogP contribution in [-0.2, 0) is 11.3 Å². The third kappa shape index (κ3) is 5.91. The van der Waals surface area contributed by atoms with Crippen molar-refractivity contribution in [3.05, 3.63) is 36.0 Å². The first-order valence-electron chi connectivity index (χ1n) is 11.9. The van der Waals surface area contributed by atoms with Gasteiger partial charge in [0.15, 0.2) is 0 Å². The molecule has 1 saturated carbocycles. The lowest BCUT2D eigenvalue weighted by molar-refractivity contribution is 0.0184. The topological polar surface area (TPSA) is 71.9 Å². The van der Waals surface area contributed by atoms with Crippen molar-refractivity contribution in [3.63, 3.8) is 0 Å². The van der Waals surface area contributed by atoms with Crippen LogP contribution in [0.2, 0.25) is 0 Å². The second-order valence-electron chi connectivity index (χ2n) is 10.5. The molecule has 2 heterocycles. The Labute approximate surface area is 190 Å². The molecule has 2 aliphatic rings. The molecule has 1 aliphatic heterocycles. The number of piperidine rings is 1. The highest BCUT2D eigenvalue weighted by Crippen LogP contribution is 2.39. The normalized spacial score (nSPS) is 23.2. The number of carbonyl (C=O) groups is 1. The van der Waals surface area contributed by atoms with Crippen molar-refractivity contribution < 1.29 is 19.4 Å². The Morgan fingerprint density at radius 2 is 1.75 bits per heavy atom. The van der Waals surface area contributed by atoms with Gasteiger partial charge in [-0.25, -0.2) is 4.79 Å². The van der Waals surface area contributed by atoms with Crippen LogP contribution in [0, 0.1) is 11.3 Å². The van der Waals surface area contributed by atoms with Crippen molar-refractivity contribution in [2.45, 2.75) is 78.0 Å². The van der Waals surface area contributed by atoms with Crippen LogP contribution in [0.25, 0.3) is 10.9 Å². The highest BCUT2D eigenvalue weighted by atomic mass is 16.7. The highest BCUT2D eigenvalue weighted by molar-refractivity contribution is 5.80. The van der Waals surface area contributed by atoms with Gasteiger partial charge in [0.25, 0.3) is 0 Å². The Balaban J connectivity index is 1.31. The molecule has 0 atom stereocenters. The van der Waals surface area contributed by atoms with Crippen molar-refractivity contribution in [2.75, 3.05) is 13.1 Å². The fourth-order valence-corrected chi connectivity index (χ4v) is 5.10. The average molecular weight is 441 g/mol. The molecule has 1 saturated heterocycles. The zero-order chi connectivity index (χ0) is 22.7. The SMILES string of the molecule is CC(C)(C)C1CCC(Oc2ccc3nc(CN4CCC(OC(=O)O)CC4)ccc3c2)CC1. The number of fused-ring (bicyclic) bond motifs is 1. The summed E-state index contributed by atoms with van der Waals surface area (Å²) < 4.78 is 11.2. The number of ether oxygens (including phenoxy) is 2. The van der Waals surface area contributed by atoms with Crippen molar-refractivity contribution >= 4 is 17.1 Å². The van der Waals surface area contributed by atoms with Crippen molar-refractivity contribution in [2.24, 2.45) is 11.3 Å². The number of likely N-dealkylation sites (tertiary alicyclic amines) is 1. The average Bonchev–Trinajstić information content (AvgIpc) is 2.75. The van der Waals surface area contributed by atoms with Crippen LogP contribution in [0.4, 0.5) is 4.79 Å². The first kappa shape index (κ1) is 22.8. The van der Waals surface area contributed by atoms with Gasteiger partial charge in [-0.05, 0) is 74.1 Å². The van der Waals surface area contributed by atoms with E-state index in [9.17, 15) is 4.79 Å². The summed E-state index contributed by atoms with van der Waals surface area (Å²) in [6.45, 7) is 9.45. The maximum Gasteiger partial charge on any atom is 0.506 e. The van der Waals surface area contributed by atoms with Gasteiger partial charge in [0.05, 0.1) is 17.3 Å². The number of rotatable bonds is 5. The van der Waals surface area contributed by atoms with E-state index in [1.165, 1.54) is 12.8 Å². The number of hydrogen-bond acceptors (Lipinski definition) is 5. The van der Waals surface area contributed by atoms with E-state index in [2.05, 4.69) is 49.9 Å². The van der Waals surface area contributed by atoms with Crippen molar-refractivity contribution in [1.82, 2.24) is 9.88 Å². The maximum absolute atomic E-state index is 10.7. The molecule has 1 N–H and O–H groups in total. The molecule has 6 nitrogen and oxygen atoms in total. The van der Waals surface area contributed by atoms with Gasteiger partial charge in [0.2, 0.25) is 0 Å². The quantitative estimate of drug-likeness (QED) is 0.586. The highest BCUT2D eigenvalue weighted by Gasteiger charge is 2.30. The summed E-state index contributed by atoms with van der Waals surface area (Å²) >= 11 is 0. The minimum atomic E-state index is -1.18. The summed E-state index contributed by atoms with van der Waals surface area (Å²) in [5, 5.41) is 9.86. The standard InChI is InChI=1S/C26H36N2O4/c1-26(2,3)19-5-8-21(9-6-19)31-23-10-11-24-18(16-23)4-7-20(27-24)17-28-14-12-22(13-15-28)32-25(29)30/h4,7,10-11,16,19,21-22H,5-6,8-9,12-15,17H2,1-3H3,(H,29,30). The van der Waals surface area contributed by atoms with E-state index in [-0.39, 0.29) is 6.10 Å². The van der Waals surface area contributed by atoms with Gasteiger partial charge in [-0.2, -0.15) is 0 Å². The number of pyridine rings is 1. The maximum atomic E-state index is 10.7. The smallest absolute Gasteiger partial charge is 0.490 e. The molecule has 2 fully saturated rings. The Morgan fingerprint density at radius 3 is 2.41 bits per heavy atom. The molecule has 6 heteroatoms. The molecule has 0 amide bonds. The van der Waals surface area contributed by atoms with Crippen LogP contribution in [0.5, 0.6) is 5.75 Å². The lowest BCUT2D eigenvalue weighted by Crippen LogP contribution is -2.37. The van der Waals surface area contributed by atoms with Gasteiger partial charge in [0.1, 0.15) is 11.9 Å². The van der Waals surface area contributed by atoms with E-state index in [1.54, 1.807) is 0 Å². The minimum Gasteiger partial charge on any atom is -0.490 e. The zero-order valence-electron chi connectivity index (χ0n) is 19.5. The molecule has 4 rings (SSSR count). The Kier molecular flexibility index (Phi) is 6.89. The monoisotopic (exact) mass is 440 g/mol. The molecule has 0 bridgehead atoms. The lowest BCUT2D eigenvalue weighted by Gasteiger charge is -2.36. The van der Waals surface area contributed by atoms with Gasteiger partial charge < -0.3 is 14.6 Å². The largest absolute Gasteiger partial charge is 0.506 e. The van der Waals surface area contributed by atoms with Gasteiger partial charge in [-0.15, -0.1) is 0 Å². The molecule has 174 valence electrons. The molecular formula is C26H36N2O4. The van der Waals surface area contributed by atoms with Crippen LogP contribution in [0.1, 0.15) is 65.0 Å². The van der Waals surface area contributed by atoms with Crippen LogP contribution in [-0.4, -0.2) is 46.4 Å². The number of nitrogens with zero attached hydrogens (tertiary/aromatic N) is 2. The molecule has 0 unspecified atom stereocenters. The first-order valence-corrected chi connectivity index (χ1v) is 11.9. The van der Waals surface area contributed by atoms with E-state index >= 15 is 0 Å². The number of aromatic nitrogens is 1. The Bertz CT molecular complexity index is 923. The summed E-state index contributed by atoms with van der Waals surface area (Å²) in [5.41, 5.74) is 2.40. The van der Waals surface area contributed by atoms with Gasteiger partial charge in [0, 0.05) is 25.0 Å². The minimum absolute atomic E-state index is 0.185. The third-order valence-corrected chi connectivity index (χ3v) is 7.11. The first-order chi connectivity index (χ1) is 15.3. The summed E-state index contributed by atoms with van der Waals surface area (Å²) in [6, 6.07) is 10.4. The molecule has 1 aliphatic carbocycles. The summed E-state index contributed by atoms with van der Waals surface area (Å²) in [4.78, 5) is 17.8. The number of benzene rings is 1. The van der Waals surface area contributed by atoms with Crippen molar-refractivity contribution in [3.8, 4) is 5.75 Å². The van der Waals surface area contributed by atoms with Crippen LogP contribution < -0.4 is 4.74 Å². The van der Waals surface area contributed by atoms with E-state index in [1.807, 2.05) is 6.07 Å². The molecule has 0 spiro atoms. The molecule has 1 aromatic carbocycles. The summed E-state index contributed by atoms with van der Waals surface area (Å²) in [7, 11) is 0. The molecule has 2 aromatic rings. The van der Waals surface area contributed by atoms with Crippen molar-refractivity contribution in [1.29, 1.82) is 0 Å². The summed E-state index contributed by atoms with van der Waals surface area (Å²) in [6.07, 6.45) is 5.16. The Hall–Kier alpha value is -2.34. The van der Waals surface area contributed by atoms with Gasteiger partial charge in [-0.3, -0.25) is 9.88 Å². The fraction of sp³-hybridized carbons (Fsp3) is 0.615. The van der Waals surface area contributed by atoms with Crippen LogP contribution in [0.15, 0.2) is 30.3 Å². The fourth-order valence-electron chi connectivity index (χ4n) is 5.10. The number of hydrogen-bond donors (Lipinski definition) is 1. The van der Waals surface area contributed by atoms with Crippen LogP contribution >= 0.6 is 0 Å². The molecule has 1 aromatic heterocycles. The zero-order valence-corrected chi connectivity index (χ0v) is 19.5. The second kappa shape index (κ2) is 9.65. The molecular weight excluding hydrogens is 404 g/mol. The van der Waals surface area contributed by atoms with E-state index < -0.39 is 6.16 Å². The summed E-state index contributed by atoms with van der Waals surface area (Å²) in [5.74, 6) is 1.73. The Morgan fingerprint density at radius 1 is 1.03 bits per heavy atom. The molecule has 32 heavy (non-hydrogen) atoms. The van der Waals surface area contributed by atoms with E-state index in [0.29, 0.717) is 11.5 Å². The van der Waals surface area contributed by atoms with Gasteiger partial charge >= 0.3 is 6.16 Å². The van der Waals surface area contributed by atoms with Gasteiger partial charge in [-0.1, -0.05) is 26.8 Å². The number of carboxylic acid groups (broad SMARTS) is 1. The predicted octanol–water partition coefficient (Wildman–Crippen LogP) is 5.88. The van der Waals surface area contributed by atoms with E-state index in [0.717, 1.165) is 73.6 Å². The second-order valence-corrected chi connectivity index (χ2v) is 10.5. The molecule has 0 radical (unpaired) electrons. The van der Waals surface area contributed by atoms with E-state index in [4.69, 9.17) is 19.6 Å². The third-order valence-electron chi connectivity index (χ3n) is 7.11. The lowest BCUT2D eigenvalue weighted by atomic mass is 9.72. The van der Waals surface area contributed by atoms with Crippen LogP contribution in [0.3, 0.4) is 0 Å². The predicted molar refractivity (Wildman–Crippen MR) is 125 cm³/mol.